The molecule has 3 rings (SSSR count). The van der Waals surface area contributed by atoms with Gasteiger partial charge in [-0.05, 0) is 19.9 Å². The van der Waals surface area contributed by atoms with E-state index in [0.717, 1.165) is 43.7 Å². The fourth-order valence-corrected chi connectivity index (χ4v) is 3.25. The number of aryl methyl sites for hydroxylation is 1. The molecule has 1 aromatic carbocycles. The Hall–Kier alpha value is -1.18. The Kier molecular flexibility index (Phi) is 6.76. The van der Waals surface area contributed by atoms with Crippen molar-refractivity contribution in [3.05, 3.63) is 35.7 Å². The molecule has 0 radical (unpaired) electrons. The van der Waals surface area contributed by atoms with Gasteiger partial charge in [-0.2, -0.15) is 9.97 Å². The van der Waals surface area contributed by atoms with Crippen LogP contribution in [-0.2, 0) is 3.79 Å². The lowest BCUT2D eigenvalue weighted by Gasteiger charge is -2.23. The van der Waals surface area contributed by atoms with Gasteiger partial charge < -0.3 is 10.0 Å². The van der Waals surface area contributed by atoms with E-state index >= 15 is 0 Å². The number of aromatic nitrogens is 3. The molecule has 1 N–H and O–H groups in total. The Balaban J connectivity index is 1.94. The van der Waals surface area contributed by atoms with Crippen LogP contribution in [0.3, 0.4) is 0 Å². The molecular formula is C18H22Cl3N5O. The predicted molar refractivity (Wildman–Crippen MR) is 110 cm³/mol. The third-order valence-electron chi connectivity index (χ3n) is 4.47. The molecule has 1 aliphatic heterocycles. The van der Waals surface area contributed by atoms with Gasteiger partial charge in [0.15, 0.2) is 11.6 Å². The summed E-state index contributed by atoms with van der Waals surface area (Å²) in [6.45, 7) is 6.10. The maximum atomic E-state index is 9.17. The van der Waals surface area contributed by atoms with E-state index in [1.807, 2.05) is 31.2 Å². The minimum Gasteiger partial charge on any atom is -0.395 e. The van der Waals surface area contributed by atoms with Crippen molar-refractivity contribution in [3.63, 3.8) is 0 Å². The molecule has 9 heteroatoms. The number of aliphatic hydroxyl groups is 1. The zero-order valence-electron chi connectivity index (χ0n) is 15.1. The number of β-amino-alcohol motifs (C(OH)–C–C–N with tert-alkyl or cyclic N) is 1. The maximum Gasteiger partial charge on any atom is 0.250 e. The quantitative estimate of drug-likeness (QED) is 0.752. The number of alkyl halides is 3. The molecule has 2 heterocycles. The first kappa shape index (κ1) is 20.6. The Bertz CT molecular complexity index is 767. The Labute approximate surface area is 174 Å². The van der Waals surface area contributed by atoms with E-state index in [-0.39, 0.29) is 12.4 Å². The number of aliphatic hydroxyl groups excluding tert-OH is 1. The number of rotatable bonds is 4. The molecule has 2 aromatic rings. The molecule has 0 saturated carbocycles. The van der Waals surface area contributed by atoms with Crippen LogP contribution in [0.15, 0.2) is 24.3 Å². The van der Waals surface area contributed by atoms with Crippen molar-refractivity contribution in [3.8, 4) is 11.4 Å². The van der Waals surface area contributed by atoms with Crippen molar-refractivity contribution in [2.75, 3.05) is 44.2 Å². The zero-order chi connectivity index (χ0) is 19.4. The van der Waals surface area contributed by atoms with E-state index < -0.39 is 3.79 Å². The molecule has 27 heavy (non-hydrogen) atoms. The van der Waals surface area contributed by atoms with Crippen LogP contribution in [0.5, 0.6) is 0 Å². The topological polar surface area (TPSA) is 65.4 Å². The average Bonchev–Trinajstić information content (AvgIpc) is 2.87. The van der Waals surface area contributed by atoms with Gasteiger partial charge in [-0.25, -0.2) is 4.98 Å². The highest BCUT2D eigenvalue weighted by Crippen LogP contribution is 2.37. The van der Waals surface area contributed by atoms with Crippen LogP contribution in [0.1, 0.15) is 17.8 Å². The summed E-state index contributed by atoms with van der Waals surface area (Å²) in [6, 6.07) is 7.88. The van der Waals surface area contributed by atoms with Gasteiger partial charge >= 0.3 is 0 Å². The van der Waals surface area contributed by atoms with Crippen LogP contribution in [-0.4, -0.2) is 64.3 Å². The number of nitrogens with zero attached hydrogens (tertiary/aromatic N) is 5. The summed E-state index contributed by atoms with van der Waals surface area (Å²) in [5.41, 5.74) is 1.99. The second-order valence-electron chi connectivity index (χ2n) is 6.55. The van der Waals surface area contributed by atoms with Gasteiger partial charge in [-0.3, -0.25) is 4.90 Å². The lowest BCUT2D eigenvalue weighted by molar-refractivity contribution is 0.204. The minimum atomic E-state index is -1.73. The van der Waals surface area contributed by atoms with Crippen molar-refractivity contribution in [1.82, 2.24) is 19.9 Å². The van der Waals surface area contributed by atoms with Gasteiger partial charge in [0.25, 0.3) is 0 Å². The van der Waals surface area contributed by atoms with Crippen LogP contribution >= 0.6 is 34.8 Å². The number of benzene rings is 1. The summed E-state index contributed by atoms with van der Waals surface area (Å²) < 4.78 is -1.73. The fourth-order valence-electron chi connectivity index (χ4n) is 3.00. The van der Waals surface area contributed by atoms with Gasteiger partial charge in [-0.15, -0.1) is 0 Å². The summed E-state index contributed by atoms with van der Waals surface area (Å²) in [7, 11) is 0. The van der Waals surface area contributed by atoms with E-state index in [1.54, 1.807) is 0 Å². The number of halogens is 3. The molecule has 1 fully saturated rings. The van der Waals surface area contributed by atoms with Crippen LogP contribution in [0, 0.1) is 6.92 Å². The Morgan fingerprint density at radius 3 is 2.41 bits per heavy atom. The van der Waals surface area contributed by atoms with Crippen molar-refractivity contribution < 1.29 is 5.11 Å². The normalized spacial score (nSPS) is 16.4. The first-order valence-electron chi connectivity index (χ1n) is 8.85. The second-order valence-corrected chi connectivity index (χ2v) is 8.83. The Morgan fingerprint density at radius 2 is 1.74 bits per heavy atom. The third-order valence-corrected chi connectivity index (χ3v) is 4.98. The predicted octanol–water partition coefficient (Wildman–Crippen LogP) is 3.18. The molecule has 0 aliphatic carbocycles. The molecule has 1 saturated heterocycles. The minimum absolute atomic E-state index is 0.115. The van der Waals surface area contributed by atoms with Crippen molar-refractivity contribution in [2.45, 2.75) is 17.1 Å². The molecule has 0 spiro atoms. The SMILES string of the molecule is Cc1ccc(-c2nc(N3CCCN(CCO)CC3)nc(C(Cl)(Cl)Cl)n2)cc1. The van der Waals surface area contributed by atoms with Crippen LogP contribution in [0.25, 0.3) is 11.4 Å². The molecule has 0 atom stereocenters. The highest BCUT2D eigenvalue weighted by molar-refractivity contribution is 6.66. The lowest BCUT2D eigenvalue weighted by atomic mass is 10.1. The van der Waals surface area contributed by atoms with Crippen molar-refractivity contribution in [2.24, 2.45) is 0 Å². The summed E-state index contributed by atoms with van der Waals surface area (Å²) in [6.07, 6.45) is 0.939. The van der Waals surface area contributed by atoms with E-state index in [0.29, 0.717) is 18.3 Å². The molecule has 0 amide bonds. The monoisotopic (exact) mass is 429 g/mol. The van der Waals surface area contributed by atoms with Crippen LogP contribution in [0.2, 0.25) is 0 Å². The molecule has 6 nitrogen and oxygen atoms in total. The van der Waals surface area contributed by atoms with E-state index in [9.17, 15) is 0 Å². The second kappa shape index (κ2) is 8.88. The summed E-state index contributed by atoms with van der Waals surface area (Å²) >= 11 is 18.2. The maximum absolute atomic E-state index is 9.17. The van der Waals surface area contributed by atoms with Crippen LogP contribution in [0.4, 0.5) is 5.95 Å². The number of anilines is 1. The highest BCUT2D eigenvalue weighted by atomic mass is 35.6. The molecule has 0 bridgehead atoms. The first-order valence-corrected chi connectivity index (χ1v) is 9.98. The van der Waals surface area contributed by atoms with Gasteiger partial charge in [0, 0.05) is 31.7 Å². The highest BCUT2D eigenvalue weighted by Gasteiger charge is 2.30. The van der Waals surface area contributed by atoms with E-state index in [1.165, 1.54) is 0 Å². The van der Waals surface area contributed by atoms with Crippen LogP contribution < -0.4 is 4.90 Å². The largest absolute Gasteiger partial charge is 0.395 e. The standard InChI is InChI=1S/C18H22Cl3N5O/c1-13-3-5-14(6-4-13)15-22-16(18(19,20)21)24-17(23-15)26-8-2-7-25(9-10-26)11-12-27/h3-6,27H,2,7-12H2,1H3. The van der Waals surface area contributed by atoms with E-state index in [4.69, 9.17) is 39.9 Å². The molecule has 146 valence electrons. The summed E-state index contributed by atoms with van der Waals surface area (Å²) in [5, 5.41) is 9.17. The average molecular weight is 431 g/mol. The van der Waals surface area contributed by atoms with Gasteiger partial charge in [-0.1, -0.05) is 64.6 Å². The smallest absolute Gasteiger partial charge is 0.250 e. The zero-order valence-corrected chi connectivity index (χ0v) is 17.3. The van der Waals surface area contributed by atoms with Crippen molar-refractivity contribution in [1.29, 1.82) is 0 Å². The third kappa shape index (κ3) is 5.42. The molecule has 0 unspecified atom stereocenters. The molecule has 1 aromatic heterocycles. The number of hydrogen-bond acceptors (Lipinski definition) is 6. The summed E-state index contributed by atoms with van der Waals surface area (Å²) in [4.78, 5) is 17.7. The Morgan fingerprint density at radius 1 is 1.00 bits per heavy atom. The fraction of sp³-hybridized carbons (Fsp3) is 0.500. The van der Waals surface area contributed by atoms with Gasteiger partial charge in [0.1, 0.15) is 0 Å². The van der Waals surface area contributed by atoms with Gasteiger partial charge in [0.05, 0.1) is 6.61 Å². The molecular weight excluding hydrogens is 409 g/mol. The van der Waals surface area contributed by atoms with E-state index in [2.05, 4.69) is 24.8 Å². The lowest BCUT2D eigenvalue weighted by Crippen LogP contribution is -2.33. The molecule has 1 aliphatic rings. The number of hydrogen-bond donors (Lipinski definition) is 1. The first-order chi connectivity index (χ1) is 12.9. The summed E-state index contributed by atoms with van der Waals surface area (Å²) in [5.74, 6) is 1.11. The van der Waals surface area contributed by atoms with Crippen molar-refractivity contribution >= 4 is 40.8 Å². The van der Waals surface area contributed by atoms with Gasteiger partial charge in [0.2, 0.25) is 9.74 Å².